The molecule has 0 aromatic carbocycles. The molecule has 0 bridgehead atoms. The van der Waals surface area contributed by atoms with Crippen molar-refractivity contribution in [2.45, 2.75) is 31.1 Å². The van der Waals surface area contributed by atoms with E-state index in [1.165, 1.54) is 12.8 Å². The normalized spacial score (nSPS) is 13.9. The fraction of sp³-hybridized carbons (Fsp3) is 1.00. The second kappa shape index (κ2) is 7.15. The molecule has 0 saturated carbocycles. The summed E-state index contributed by atoms with van der Waals surface area (Å²) in [7, 11) is 1.95. The molecule has 0 aliphatic heterocycles. The van der Waals surface area contributed by atoms with Crippen LogP contribution in [0.2, 0.25) is 0 Å². The van der Waals surface area contributed by atoms with Crippen molar-refractivity contribution >= 4 is 21.9 Å². The van der Waals surface area contributed by atoms with E-state index in [1.807, 2.05) is 0 Å². The molecule has 0 N–H and O–H groups in total. The molecule has 0 aliphatic rings. The molecular weight excluding hydrogens is 176 g/mol. The minimum Gasteiger partial charge on any atom is -0.399 e. The monoisotopic (exact) mass is 194 g/mol. The summed E-state index contributed by atoms with van der Waals surface area (Å²) < 4.78 is 10.4. The first-order valence-corrected chi connectivity index (χ1v) is 6.12. The van der Waals surface area contributed by atoms with Crippen LogP contribution in [0.1, 0.15) is 26.2 Å². The van der Waals surface area contributed by atoms with Gasteiger partial charge in [0.1, 0.15) is 0 Å². The lowest BCUT2D eigenvalue weighted by atomic mass is 10.3. The van der Waals surface area contributed by atoms with E-state index in [9.17, 15) is 0 Å². The lowest BCUT2D eigenvalue weighted by Gasteiger charge is -2.17. The highest BCUT2D eigenvalue weighted by atomic mass is 32.1. The van der Waals surface area contributed by atoms with Gasteiger partial charge in [-0.05, 0) is 6.42 Å². The average molecular weight is 194 g/mol. The molecule has 0 radical (unpaired) electrons. The van der Waals surface area contributed by atoms with E-state index in [4.69, 9.17) is 8.85 Å². The SMILES string of the molecule is CCCCC(S)[SiH](OC)OC. The van der Waals surface area contributed by atoms with Gasteiger partial charge in [-0.2, -0.15) is 12.6 Å². The first-order chi connectivity index (χ1) is 5.26. The molecular formula is C7H18O2SSi. The number of thiol groups is 1. The van der Waals surface area contributed by atoms with Crippen LogP contribution >= 0.6 is 12.6 Å². The largest absolute Gasteiger partial charge is 0.399 e. The maximum Gasteiger partial charge on any atom is 0.334 e. The Bertz CT molecular complexity index is 88.5. The van der Waals surface area contributed by atoms with Gasteiger partial charge < -0.3 is 8.85 Å². The molecule has 2 nitrogen and oxygen atoms in total. The van der Waals surface area contributed by atoms with E-state index in [-0.39, 0.29) is 0 Å². The molecule has 0 rings (SSSR count). The van der Waals surface area contributed by atoms with E-state index in [2.05, 4.69) is 19.6 Å². The zero-order valence-corrected chi connectivity index (χ0v) is 9.59. The van der Waals surface area contributed by atoms with Gasteiger partial charge in [0.05, 0.1) is 0 Å². The molecule has 1 atom stereocenters. The number of unbranched alkanes of at least 4 members (excludes halogenated alkanes) is 1. The van der Waals surface area contributed by atoms with Gasteiger partial charge in [-0.1, -0.05) is 19.8 Å². The highest BCUT2D eigenvalue weighted by Crippen LogP contribution is 2.10. The Morgan fingerprint density at radius 2 is 1.91 bits per heavy atom. The van der Waals surface area contributed by atoms with E-state index < -0.39 is 9.28 Å². The molecule has 0 aromatic heterocycles. The number of hydrogen-bond donors (Lipinski definition) is 1. The van der Waals surface area contributed by atoms with Crippen molar-refractivity contribution in [2.24, 2.45) is 0 Å². The maximum absolute atomic E-state index is 5.20. The topological polar surface area (TPSA) is 18.5 Å². The van der Waals surface area contributed by atoms with Crippen LogP contribution in [0.25, 0.3) is 0 Å². The van der Waals surface area contributed by atoms with Crippen molar-refractivity contribution in [3.05, 3.63) is 0 Å². The third-order valence-corrected chi connectivity index (χ3v) is 4.51. The molecule has 1 unspecified atom stereocenters. The number of hydrogen-bond acceptors (Lipinski definition) is 3. The molecule has 0 amide bonds. The van der Waals surface area contributed by atoms with Gasteiger partial charge in [-0.3, -0.25) is 0 Å². The van der Waals surface area contributed by atoms with Crippen LogP contribution in [0.3, 0.4) is 0 Å². The summed E-state index contributed by atoms with van der Waals surface area (Å²) >= 11 is 4.43. The van der Waals surface area contributed by atoms with Crippen molar-refractivity contribution in [3.8, 4) is 0 Å². The first kappa shape index (κ1) is 11.5. The predicted molar refractivity (Wildman–Crippen MR) is 53.5 cm³/mol. The highest BCUT2D eigenvalue weighted by molar-refractivity contribution is 7.82. The first-order valence-electron chi connectivity index (χ1n) is 3.99. The minimum atomic E-state index is -1.45. The third kappa shape index (κ3) is 4.84. The Morgan fingerprint density at radius 1 is 1.36 bits per heavy atom. The van der Waals surface area contributed by atoms with Gasteiger partial charge in [-0.25, -0.2) is 0 Å². The van der Waals surface area contributed by atoms with Gasteiger partial charge >= 0.3 is 9.28 Å². The van der Waals surface area contributed by atoms with Crippen LogP contribution < -0.4 is 0 Å². The quantitative estimate of drug-likeness (QED) is 0.510. The fourth-order valence-electron chi connectivity index (χ4n) is 0.960. The van der Waals surface area contributed by atoms with Gasteiger partial charge in [-0.15, -0.1) is 0 Å². The van der Waals surface area contributed by atoms with Crippen molar-refractivity contribution in [3.63, 3.8) is 0 Å². The lowest BCUT2D eigenvalue weighted by Crippen LogP contribution is -2.31. The summed E-state index contributed by atoms with van der Waals surface area (Å²) in [4.78, 5) is 0.338. The Balaban J connectivity index is 3.51. The summed E-state index contributed by atoms with van der Waals surface area (Å²) in [6.07, 6.45) is 3.54. The predicted octanol–water partition coefficient (Wildman–Crippen LogP) is 1.53. The van der Waals surface area contributed by atoms with Gasteiger partial charge in [0.25, 0.3) is 0 Å². The highest BCUT2D eigenvalue weighted by Gasteiger charge is 2.19. The van der Waals surface area contributed by atoms with Gasteiger partial charge in [0, 0.05) is 19.1 Å². The van der Waals surface area contributed by atoms with Gasteiger partial charge in [0.15, 0.2) is 0 Å². The van der Waals surface area contributed by atoms with E-state index in [1.54, 1.807) is 14.2 Å². The fourth-order valence-corrected chi connectivity index (χ4v) is 3.20. The van der Waals surface area contributed by atoms with Crippen molar-refractivity contribution < 1.29 is 8.85 Å². The molecule has 11 heavy (non-hydrogen) atoms. The lowest BCUT2D eigenvalue weighted by molar-refractivity contribution is 0.274. The molecule has 0 spiro atoms. The van der Waals surface area contributed by atoms with E-state index in [0.29, 0.717) is 4.87 Å². The van der Waals surface area contributed by atoms with Crippen LogP contribution in [0.4, 0.5) is 0 Å². The summed E-state index contributed by atoms with van der Waals surface area (Å²) in [6, 6.07) is 0. The molecule has 68 valence electrons. The van der Waals surface area contributed by atoms with Crippen LogP contribution in [-0.2, 0) is 8.85 Å². The molecule has 0 heterocycles. The molecule has 0 saturated heterocycles. The average Bonchev–Trinajstić information content (AvgIpc) is 2.03. The zero-order valence-electron chi connectivity index (χ0n) is 7.54. The Hall–Kier alpha value is 0.487. The summed E-state index contributed by atoms with van der Waals surface area (Å²) in [5, 5.41) is 0. The second-order valence-corrected chi connectivity index (χ2v) is 6.26. The van der Waals surface area contributed by atoms with Crippen molar-refractivity contribution in [1.82, 2.24) is 0 Å². The summed E-state index contributed by atoms with van der Waals surface area (Å²) in [5.41, 5.74) is 0. The molecule has 0 aromatic rings. The summed E-state index contributed by atoms with van der Waals surface area (Å²) in [6.45, 7) is 2.18. The molecule has 4 heteroatoms. The minimum absolute atomic E-state index is 0.338. The van der Waals surface area contributed by atoms with Crippen LogP contribution in [0, 0.1) is 0 Å². The van der Waals surface area contributed by atoms with Crippen molar-refractivity contribution in [1.29, 1.82) is 0 Å². The van der Waals surface area contributed by atoms with Crippen LogP contribution in [0.5, 0.6) is 0 Å². The zero-order chi connectivity index (χ0) is 8.69. The van der Waals surface area contributed by atoms with Gasteiger partial charge in [0.2, 0.25) is 0 Å². The Kier molecular flexibility index (Phi) is 7.47. The Morgan fingerprint density at radius 3 is 2.27 bits per heavy atom. The Labute approximate surface area is 76.5 Å². The maximum atomic E-state index is 5.20. The van der Waals surface area contributed by atoms with Crippen LogP contribution in [0.15, 0.2) is 0 Å². The standard InChI is InChI=1S/C7H18O2SSi/c1-4-5-6-7(10)11(8-2)9-3/h7,10-11H,4-6H2,1-3H3. The summed E-state index contributed by atoms with van der Waals surface area (Å²) in [5.74, 6) is 0. The second-order valence-electron chi connectivity index (χ2n) is 2.55. The number of rotatable bonds is 6. The van der Waals surface area contributed by atoms with Crippen LogP contribution in [-0.4, -0.2) is 28.4 Å². The molecule has 0 fully saturated rings. The smallest absolute Gasteiger partial charge is 0.334 e. The molecule has 0 aliphatic carbocycles. The van der Waals surface area contributed by atoms with Crippen molar-refractivity contribution in [2.75, 3.05) is 14.2 Å². The third-order valence-electron chi connectivity index (χ3n) is 1.63. The van der Waals surface area contributed by atoms with E-state index in [0.717, 1.165) is 6.42 Å². The van der Waals surface area contributed by atoms with E-state index >= 15 is 0 Å².